The summed E-state index contributed by atoms with van der Waals surface area (Å²) in [6, 6.07) is 9.36. The quantitative estimate of drug-likeness (QED) is 0.579. The van der Waals surface area contributed by atoms with Crippen molar-refractivity contribution in [2.24, 2.45) is 11.8 Å². The zero-order valence-electron chi connectivity index (χ0n) is 14.6. The maximum atomic E-state index is 12.4. The fourth-order valence-corrected chi connectivity index (χ4v) is 3.72. The van der Waals surface area contributed by atoms with Gasteiger partial charge in [-0.3, -0.25) is 9.59 Å². The molecule has 134 valence electrons. The van der Waals surface area contributed by atoms with Crippen molar-refractivity contribution >= 4 is 23.6 Å². The number of nitrogens with zero attached hydrogens (tertiary/aromatic N) is 1. The molecular weight excluding hydrogens is 334 g/mol. The van der Waals surface area contributed by atoms with Gasteiger partial charge in [-0.25, -0.2) is 0 Å². The molecule has 1 fully saturated rings. The maximum Gasteiger partial charge on any atom is 0.251 e. The molecule has 0 spiro atoms. The summed E-state index contributed by atoms with van der Waals surface area (Å²) in [4.78, 5) is 25.9. The second-order valence-corrected chi connectivity index (χ2v) is 7.20. The SMILES string of the molecule is CSc1ccc(C(=O)NCC(C(=O)NCC#N)C2CCCCC2)cc1. The molecule has 0 radical (unpaired) electrons. The molecule has 0 aliphatic heterocycles. The molecule has 1 aliphatic rings. The molecule has 1 atom stereocenters. The number of amides is 2. The Kier molecular flexibility index (Phi) is 7.80. The second kappa shape index (κ2) is 10.1. The molecule has 1 aliphatic carbocycles. The van der Waals surface area contributed by atoms with Crippen molar-refractivity contribution in [3.8, 4) is 6.07 Å². The molecule has 25 heavy (non-hydrogen) atoms. The molecule has 1 aromatic carbocycles. The van der Waals surface area contributed by atoms with Crippen molar-refractivity contribution in [1.29, 1.82) is 5.26 Å². The minimum absolute atomic E-state index is 0.00610. The monoisotopic (exact) mass is 359 g/mol. The summed E-state index contributed by atoms with van der Waals surface area (Å²) in [5, 5.41) is 14.2. The van der Waals surface area contributed by atoms with E-state index in [0.29, 0.717) is 12.1 Å². The fourth-order valence-electron chi connectivity index (χ4n) is 3.31. The van der Waals surface area contributed by atoms with Gasteiger partial charge in [0.05, 0.1) is 12.0 Å². The van der Waals surface area contributed by atoms with Crippen molar-refractivity contribution < 1.29 is 9.59 Å². The van der Waals surface area contributed by atoms with Crippen molar-refractivity contribution in [2.45, 2.75) is 37.0 Å². The smallest absolute Gasteiger partial charge is 0.251 e. The second-order valence-electron chi connectivity index (χ2n) is 6.32. The van der Waals surface area contributed by atoms with E-state index in [9.17, 15) is 9.59 Å². The summed E-state index contributed by atoms with van der Waals surface area (Å²) in [5.74, 6) is -0.303. The first-order valence-electron chi connectivity index (χ1n) is 8.72. The lowest BCUT2D eigenvalue weighted by Gasteiger charge is -2.29. The molecule has 2 amide bonds. The predicted octanol–water partition coefficient (Wildman–Crippen LogP) is 2.97. The number of carbonyl (C=O) groups is 2. The van der Waals surface area contributed by atoms with E-state index in [1.54, 1.807) is 23.9 Å². The Morgan fingerprint density at radius 2 is 1.88 bits per heavy atom. The predicted molar refractivity (Wildman–Crippen MR) is 99.2 cm³/mol. The van der Waals surface area contributed by atoms with E-state index < -0.39 is 0 Å². The van der Waals surface area contributed by atoms with E-state index >= 15 is 0 Å². The number of nitrogens with one attached hydrogen (secondary N) is 2. The standard InChI is InChI=1S/C19H25N3O2S/c1-25-16-9-7-15(8-10-16)18(23)22-13-17(19(24)21-12-11-20)14-5-3-2-4-6-14/h7-10,14,17H,2-6,12-13H2,1H3,(H,21,24)(H,22,23). The highest BCUT2D eigenvalue weighted by atomic mass is 32.2. The summed E-state index contributed by atoms with van der Waals surface area (Å²) in [7, 11) is 0. The lowest BCUT2D eigenvalue weighted by Crippen LogP contribution is -2.43. The van der Waals surface area contributed by atoms with Gasteiger partial charge in [-0.1, -0.05) is 19.3 Å². The number of rotatable bonds is 7. The van der Waals surface area contributed by atoms with Crippen LogP contribution >= 0.6 is 11.8 Å². The third kappa shape index (κ3) is 5.79. The topological polar surface area (TPSA) is 82.0 Å². The summed E-state index contributed by atoms with van der Waals surface area (Å²) in [6.45, 7) is 0.317. The van der Waals surface area contributed by atoms with Gasteiger partial charge in [-0.2, -0.15) is 5.26 Å². The van der Waals surface area contributed by atoms with E-state index in [0.717, 1.165) is 30.6 Å². The molecule has 0 heterocycles. The zero-order chi connectivity index (χ0) is 18.1. The Morgan fingerprint density at radius 1 is 1.20 bits per heavy atom. The van der Waals surface area contributed by atoms with Gasteiger partial charge in [-0.05, 0) is 49.3 Å². The Bertz CT molecular complexity index is 619. The van der Waals surface area contributed by atoms with Crippen molar-refractivity contribution in [3.05, 3.63) is 29.8 Å². The van der Waals surface area contributed by atoms with Gasteiger partial charge >= 0.3 is 0 Å². The zero-order valence-corrected chi connectivity index (χ0v) is 15.4. The van der Waals surface area contributed by atoms with Crippen LogP contribution in [0.2, 0.25) is 0 Å². The number of hydrogen-bond donors (Lipinski definition) is 2. The number of benzene rings is 1. The first-order chi connectivity index (χ1) is 12.2. The van der Waals surface area contributed by atoms with Crippen molar-refractivity contribution in [1.82, 2.24) is 10.6 Å². The van der Waals surface area contributed by atoms with Crippen LogP contribution in [0.15, 0.2) is 29.2 Å². The van der Waals surface area contributed by atoms with E-state index in [-0.39, 0.29) is 30.2 Å². The van der Waals surface area contributed by atoms with Gasteiger partial charge in [0.25, 0.3) is 5.91 Å². The van der Waals surface area contributed by atoms with Crippen molar-refractivity contribution in [3.63, 3.8) is 0 Å². The van der Waals surface area contributed by atoms with Crippen LogP contribution in [0, 0.1) is 23.2 Å². The Balaban J connectivity index is 1.98. The van der Waals surface area contributed by atoms with Crippen molar-refractivity contribution in [2.75, 3.05) is 19.3 Å². The molecule has 6 heteroatoms. The highest BCUT2D eigenvalue weighted by Gasteiger charge is 2.29. The Morgan fingerprint density at radius 3 is 2.48 bits per heavy atom. The molecule has 1 unspecified atom stereocenters. The third-order valence-electron chi connectivity index (χ3n) is 4.73. The largest absolute Gasteiger partial charge is 0.351 e. The number of thioether (sulfide) groups is 1. The summed E-state index contributed by atoms with van der Waals surface area (Å²) in [5.41, 5.74) is 0.595. The average Bonchev–Trinajstić information content (AvgIpc) is 2.67. The van der Waals surface area contributed by atoms with Crippen LogP contribution in [0.5, 0.6) is 0 Å². The minimum atomic E-state index is -0.275. The van der Waals surface area contributed by atoms with Gasteiger partial charge < -0.3 is 10.6 Å². The van der Waals surface area contributed by atoms with Crippen LogP contribution in [-0.4, -0.2) is 31.2 Å². The van der Waals surface area contributed by atoms with E-state index in [4.69, 9.17) is 5.26 Å². The summed E-state index contributed by atoms with van der Waals surface area (Å²) < 4.78 is 0. The van der Waals surface area contributed by atoms with Gasteiger partial charge in [-0.15, -0.1) is 11.8 Å². The summed E-state index contributed by atoms with van der Waals surface area (Å²) in [6.07, 6.45) is 7.44. The highest BCUT2D eigenvalue weighted by Crippen LogP contribution is 2.30. The highest BCUT2D eigenvalue weighted by molar-refractivity contribution is 7.98. The van der Waals surface area contributed by atoms with Crippen LogP contribution in [-0.2, 0) is 4.79 Å². The van der Waals surface area contributed by atoms with Gasteiger partial charge in [0, 0.05) is 17.0 Å². The molecule has 2 N–H and O–H groups in total. The van der Waals surface area contributed by atoms with Gasteiger partial charge in [0.2, 0.25) is 5.91 Å². The van der Waals surface area contributed by atoms with E-state index in [1.165, 1.54) is 6.42 Å². The minimum Gasteiger partial charge on any atom is -0.351 e. The van der Waals surface area contributed by atoms with Crippen LogP contribution in [0.4, 0.5) is 0 Å². The molecule has 1 aromatic rings. The molecule has 0 bridgehead atoms. The van der Waals surface area contributed by atoms with Crippen LogP contribution in [0.1, 0.15) is 42.5 Å². The van der Waals surface area contributed by atoms with Crippen LogP contribution < -0.4 is 10.6 Å². The van der Waals surface area contributed by atoms with E-state index in [2.05, 4.69) is 10.6 Å². The Labute approximate surface area is 153 Å². The molecule has 5 nitrogen and oxygen atoms in total. The molecule has 1 saturated carbocycles. The average molecular weight is 359 g/mol. The normalized spacial score (nSPS) is 15.8. The number of nitriles is 1. The number of carbonyl (C=O) groups excluding carboxylic acids is 2. The number of hydrogen-bond acceptors (Lipinski definition) is 4. The lowest BCUT2D eigenvalue weighted by atomic mass is 9.79. The fraction of sp³-hybridized carbons (Fsp3) is 0.526. The van der Waals surface area contributed by atoms with Crippen LogP contribution in [0.25, 0.3) is 0 Å². The molecule has 0 saturated heterocycles. The first-order valence-corrected chi connectivity index (χ1v) is 9.95. The first kappa shape index (κ1) is 19.3. The Hall–Kier alpha value is -2.00. The lowest BCUT2D eigenvalue weighted by molar-refractivity contribution is -0.126. The molecule has 0 aromatic heterocycles. The molecular formula is C19H25N3O2S. The van der Waals surface area contributed by atoms with Gasteiger partial charge in [0.1, 0.15) is 6.54 Å². The van der Waals surface area contributed by atoms with E-state index in [1.807, 2.05) is 24.5 Å². The van der Waals surface area contributed by atoms with Crippen LogP contribution in [0.3, 0.4) is 0 Å². The van der Waals surface area contributed by atoms with Gasteiger partial charge in [0.15, 0.2) is 0 Å². The summed E-state index contributed by atoms with van der Waals surface area (Å²) >= 11 is 1.63. The maximum absolute atomic E-state index is 12.4. The molecule has 2 rings (SSSR count). The third-order valence-corrected chi connectivity index (χ3v) is 5.48.